The number of carbonyl (C=O) groups excluding carboxylic acids is 2. The van der Waals surface area contributed by atoms with Gasteiger partial charge >= 0.3 is 6.03 Å². The molecule has 0 saturated carbocycles. The van der Waals surface area contributed by atoms with Crippen LogP contribution in [0.15, 0.2) is 42.5 Å². The first-order chi connectivity index (χ1) is 17.5. The van der Waals surface area contributed by atoms with Crippen molar-refractivity contribution in [3.05, 3.63) is 58.1 Å². The Labute approximate surface area is 227 Å². The molecule has 0 unspecified atom stereocenters. The zero-order chi connectivity index (χ0) is 26.6. The standard InChI is InChI=1S/C27H33Cl2N3O5/c1-26(2)24(33)32(25(34)30-26)14-15-36-20-6-4-19(5-7-20)17-31-12-3-10-27(35,11-13-31)18-37-21-8-9-22(28)23(29)16-21/h4-9,16,35H,3,10-15,17-18H2,1-2H3,(H,30,34)/t27-/m0/s1. The smallest absolute Gasteiger partial charge is 0.325 e. The highest BCUT2D eigenvalue weighted by molar-refractivity contribution is 6.42. The van der Waals surface area contributed by atoms with E-state index in [9.17, 15) is 14.7 Å². The summed E-state index contributed by atoms with van der Waals surface area (Å²) in [5.74, 6) is 1.02. The molecule has 3 amide bonds. The van der Waals surface area contributed by atoms with E-state index in [1.165, 1.54) is 4.90 Å². The molecule has 0 aliphatic carbocycles. The van der Waals surface area contributed by atoms with Crippen molar-refractivity contribution in [2.45, 2.75) is 50.8 Å². The largest absolute Gasteiger partial charge is 0.492 e. The number of likely N-dealkylation sites (tertiary alicyclic amines) is 1. The van der Waals surface area contributed by atoms with E-state index in [0.717, 1.165) is 31.6 Å². The normalized spacial score (nSPS) is 22.0. The van der Waals surface area contributed by atoms with Crippen LogP contribution in [0.3, 0.4) is 0 Å². The summed E-state index contributed by atoms with van der Waals surface area (Å²) in [5.41, 5.74) is -0.637. The molecule has 0 aromatic heterocycles. The Kier molecular flexibility index (Phi) is 8.53. The zero-order valence-electron chi connectivity index (χ0n) is 21.1. The molecule has 2 fully saturated rings. The molecule has 10 heteroatoms. The quantitative estimate of drug-likeness (QED) is 0.447. The number of amides is 3. The molecule has 2 aromatic rings. The predicted octanol–water partition coefficient (Wildman–Crippen LogP) is 4.50. The number of imide groups is 1. The number of halogens is 2. The van der Waals surface area contributed by atoms with Crippen molar-refractivity contribution in [3.63, 3.8) is 0 Å². The summed E-state index contributed by atoms with van der Waals surface area (Å²) in [6.07, 6.45) is 2.13. The lowest BCUT2D eigenvalue weighted by molar-refractivity contribution is -0.130. The van der Waals surface area contributed by atoms with Crippen LogP contribution in [0.4, 0.5) is 4.79 Å². The first kappa shape index (κ1) is 27.5. The van der Waals surface area contributed by atoms with Gasteiger partial charge in [-0.2, -0.15) is 0 Å². The van der Waals surface area contributed by atoms with Crippen LogP contribution in [0.1, 0.15) is 38.7 Å². The fourth-order valence-electron chi connectivity index (χ4n) is 4.55. The highest BCUT2D eigenvalue weighted by Gasteiger charge is 2.43. The molecular formula is C27H33Cl2N3O5. The summed E-state index contributed by atoms with van der Waals surface area (Å²) in [6, 6.07) is 12.5. The number of nitrogens with one attached hydrogen (secondary N) is 1. The average molecular weight is 550 g/mol. The topological polar surface area (TPSA) is 91.3 Å². The Morgan fingerprint density at radius 1 is 0.973 bits per heavy atom. The van der Waals surface area contributed by atoms with Gasteiger partial charge in [-0.3, -0.25) is 14.6 Å². The first-order valence-corrected chi connectivity index (χ1v) is 13.2. The number of hydrogen-bond acceptors (Lipinski definition) is 6. The zero-order valence-corrected chi connectivity index (χ0v) is 22.6. The summed E-state index contributed by atoms with van der Waals surface area (Å²) in [5, 5.41) is 14.7. The van der Waals surface area contributed by atoms with Crippen molar-refractivity contribution in [1.29, 1.82) is 0 Å². The van der Waals surface area contributed by atoms with Gasteiger partial charge in [0.05, 0.1) is 22.2 Å². The lowest BCUT2D eigenvalue weighted by Gasteiger charge is -2.27. The van der Waals surface area contributed by atoms with E-state index in [-0.39, 0.29) is 31.7 Å². The van der Waals surface area contributed by atoms with Gasteiger partial charge in [0.2, 0.25) is 0 Å². The van der Waals surface area contributed by atoms with Gasteiger partial charge in [0, 0.05) is 19.2 Å². The minimum atomic E-state index is -0.901. The molecule has 2 aromatic carbocycles. The van der Waals surface area contributed by atoms with Gasteiger partial charge < -0.3 is 19.9 Å². The Bertz CT molecular complexity index is 1130. The number of hydrogen-bond donors (Lipinski definition) is 2. The van der Waals surface area contributed by atoms with Crippen LogP contribution >= 0.6 is 23.2 Å². The van der Waals surface area contributed by atoms with E-state index < -0.39 is 11.1 Å². The number of nitrogens with zero attached hydrogens (tertiary/aromatic N) is 2. The number of rotatable bonds is 9. The molecule has 0 spiro atoms. The number of aliphatic hydroxyl groups is 1. The van der Waals surface area contributed by atoms with E-state index in [2.05, 4.69) is 10.2 Å². The third kappa shape index (κ3) is 7.08. The van der Waals surface area contributed by atoms with Crippen LogP contribution in [0.25, 0.3) is 0 Å². The van der Waals surface area contributed by atoms with Crippen molar-refractivity contribution in [2.75, 3.05) is 32.8 Å². The lowest BCUT2D eigenvalue weighted by Crippen LogP contribution is -2.40. The molecule has 0 radical (unpaired) electrons. The highest BCUT2D eigenvalue weighted by Crippen LogP contribution is 2.29. The number of ether oxygens (including phenoxy) is 2. The van der Waals surface area contributed by atoms with Gasteiger partial charge in [0.15, 0.2) is 0 Å². The Morgan fingerprint density at radius 2 is 1.70 bits per heavy atom. The Balaban J connectivity index is 1.22. The van der Waals surface area contributed by atoms with Gasteiger partial charge in [-0.15, -0.1) is 0 Å². The van der Waals surface area contributed by atoms with Crippen LogP contribution in [0, 0.1) is 0 Å². The maximum atomic E-state index is 12.3. The second-order valence-electron chi connectivity index (χ2n) is 10.2. The third-order valence-electron chi connectivity index (χ3n) is 6.77. The van der Waals surface area contributed by atoms with Crippen LogP contribution in [-0.4, -0.2) is 70.8 Å². The van der Waals surface area contributed by atoms with E-state index in [1.54, 1.807) is 32.0 Å². The molecule has 1 atom stereocenters. The SMILES string of the molecule is CC1(C)NC(=O)N(CCOc2ccc(CN3CCC[C@@](O)(COc4ccc(Cl)c(Cl)c4)CC3)cc2)C1=O. The van der Waals surface area contributed by atoms with Crippen molar-refractivity contribution in [1.82, 2.24) is 15.1 Å². The molecule has 2 aliphatic rings. The maximum Gasteiger partial charge on any atom is 0.325 e. The van der Waals surface area contributed by atoms with Crippen LogP contribution in [-0.2, 0) is 11.3 Å². The van der Waals surface area contributed by atoms with Crippen molar-refractivity contribution < 1.29 is 24.2 Å². The van der Waals surface area contributed by atoms with Crippen molar-refractivity contribution in [3.8, 4) is 11.5 Å². The summed E-state index contributed by atoms with van der Waals surface area (Å²) in [6.45, 7) is 6.39. The predicted molar refractivity (Wildman–Crippen MR) is 142 cm³/mol. The lowest BCUT2D eigenvalue weighted by atomic mass is 9.96. The van der Waals surface area contributed by atoms with E-state index in [1.807, 2.05) is 24.3 Å². The molecule has 2 heterocycles. The van der Waals surface area contributed by atoms with Gasteiger partial charge in [-0.05, 0) is 69.5 Å². The van der Waals surface area contributed by atoms with E-state index in [4.69, 9.17) is 32.7 Å². The summed E-state index contributed by atoms with van der Waals surface area (Å²) < 4.78 is 11.6. The second kappa shape index (κ2) is 11.5. The van der Waals surface area contributed by atoms with Crippen LogP contribution in [0.2, 0.25) is 10.0 Å². The Hall–Kier alpha value is -2.52. The van der Waals surface area contributed by atoms with Gasteiger partial charge in [0.1, 0.15) is 30.3 Å². The molecule has 8 nitrogen and oxygen atoms in total. The van der Waals surface area contributed by atoms with Crippen LogP contribution in [0.5, 0.6) is 11.5 Å². The van der Waals surface area contributed by atoms with Crippen molar-refractivity contribution in [2.24, 2.45) is 0 Å². The molecule has 37 heavy (non-hydrogen) atoms. The van der Waals surface area contributed by atoms with Gasteiger partial charge in [0.25, 0.3) is 5.91 Å². The molecule has 4 rings (SSSR count). The minimum Gasteiger partial charge on any atom is -0.492 e. The summed E-state index contributed by atoms with van der Waals surface area (Å²) >= 11 is 12.0. The van der Waals surface area contributed by atoms with E-state index >= 15 is 0 Å². The fourth-order valence-corrected chi connectivity index (χ4v) is 4.83. The molecule has 200 valence electrons. The molecule has 2 aliphatic heterocycles. The minimum absolute atomic E-state index is 0.196. The molecular weight excluding hydrogens is 517 g/mol. The number of urea groups is 1. The summed E-state index contributed by atoms with van der Waals surface area (Å²) in [7, 11) is 0. The van der Waals surface area contributed by atoms with Crippen LogP contribution < -0.4 is 14.8 Å². The first-order valence-electron chi connectivity index (χ1n) is 12.4. The Morgan fingerprint density at radius 3 is 2.38 bits per heavy atom. The fraction of sp³-hybridized carbons (Fsp3) is 0.481. The summed E-state index contributed by atoms with van der Waals surface area (Å²) in [4.78, 5) is 27.7. The van der Waals surface area contributed by atoms with Gasteiger partial charge in [-0.25, -0.2) is 4.79 Å². The monoisotopic (exact) mass is 549 g/mol. The maximum absolute atomic E-state index is 12.3. The average Bonchev–Trinajstić information content (AvgIpc) is 2.97. The molecule has 2 N–H and O–H groups in total. The highest BCUT2D eigenvalue weighted by atomic mass is 35.5. The van der Waals surface area contributed by atoms with Crippen molar-refractivity contribution >= 4 is 35.1 Å². The number of carbonyl (C=O) groups is 2. The molecule has 2 saturated heterocycles. The third-order valence-corrected chi connectivity index (χ3v) is 7.51. The second-order valence-corrected chi connectivity index (χ2v) is 11.0. The van der Waals surface area contributed by atoms with Gasteiger partial charge in [-0.1, -0.05) is 35.3 Å². The molecule has 0 bridgehead atoms. The van der Waals surface area contributed by atoms with E-state index in [0.29, 0.717) is 34.4 Å². The number of benzene rings is 2.